The highest BCUT2D eigenvalue weighted by Gasteiger charge is 2.25. The minimum atomic E-state index is -1.26. The molecule has 0 unspecified atom stereocenters. The number of hydrogen-bond donors (Lipinski definition) is 2. The summed E-state index contributed by atoms with van der Waals surface area (Å²) in [6, 6.07) is 20.2. The van der Waals surface area contributed by atoms with Crippen molar-refractivity contribution in [2.45, 2.75) is 131 Å². The average molecular weight is 1130 g/mol. The van der Waals surface area contributed by atoms with Crippen molar-refractivity contribution in [2.75, 3.05) is 75.2 Å². The highest BCUT2D eigenvalue weighted by Crippen LogP contribution is 2.26. The van der Waals surface area contributed by atoms with E-state index in [4.69, 9.17) is 30.1 Å². The quantitative estimate of drug-likeness (QED) is 0.0540. The smallest absolute Gasteiger partial charge is 0.348 e. The first-order valence-electron chi connectivity index (χ1n) is 28.6. The lowest BCUT2D eigenvalue weighted by atomic mass is 9.95. The van der Waals surface area contributed by atoms with E-state index in [1.165, 1.54) is 24.3 Å². The molecular weight excluding hydrogens is 1050 g/mol. The summed E-state index contributed by atoms with van der Waals surface area (Å²) in [6.07, 6.45) is 12.6. The first kappa shape index (κ1) is 63.6. The Kier molecular flexibility index (Phi) is 23.6. The molecule has 0 bridgehead atoms. The molecule has 8 rings (SSSR count). The zero-order valence-electron chi connectivity index (χ0n) is 49.0. The number of carboxylic acids is 2. The molecule has 82 heavy (non-hydrogen) atoms. The lowest BCUT2D eigenvalue weighted by Crippen LogP contribution is -2.47. The van der Waals surface area contributed by atoms with Crippen LogP contribution in [0, 0.1) is 11.6 Å². The van der Waals surface area contributed by atoms with Crippen LogP contribution in [0.5, 0.6) is 0 Å². The predicted molar refractivity (Wildman–Crippen MR) is 317 cm³/mol. The monoisotopic (exact) mass is 1130 g/mol. The fourth-order valence-electron chi connectivity index (χ4n) is 9.32. The number of hydrogen-bond acceptors (Lipinski definition) is 14. The van der Waals surface area contributed by atoms with E-state index in [0.717, 1.165) is 151 Å². The molecule has 0 radical (unpaired) electrons. The Balaban J connectivity index is 0.000000233. The molecule has 2 aromatic carbocycles. The molecule has 2 saturated heterocycles. The number of piperazine rings is 2. The van der Waals surface area contributed by atoms with E-state index in [1.807, 2.05) is 0 Å². The molecule has 0 amide bonds. The van der Waals surface area contributed by atoms with Crippen LogP contribution in [0.3, 0.4) is 0 Å². The second-order valence-electron chi connectivity index (χ2n) is 22.8. The van der Waals surface area contributed by atoms with E-state index in [1.54, 1.807) is 57.9 Å². The van der Waals surface area contributed by atoms with Gasteiger partial charge in [0.2, 0.25) is 0 Å². The molecule has 2 aliphatic rings. The van der Waals surface area contributed by atoms with Gasteiger partial charge >= 0.3 is 23.3 Å². The number of nitrogens with zero attached hydrogens (tertiary/aromatic N) is 12. The van der Waals surface area contributed by atoms with Crippen molar-refractivity contribution in [3.8, 4) is 22.5 Å². The summed E-state index contributed by atoms with van der Waals surface area (Å²) >= 11 is 0. The molecule has 2 N–H and O–H groups in total. The first-order valence-corrected chi connectivity index (χ1v) is 28.6. The molecule has 0 aliphatic carbocycles. The largest absolute Gasteiger partial charge is 0.478 e. The summed E-state index contributed by atoms with van der Waals surface area (Å²) in [7, 11) is 0. The van der Waals surface area contributed by atoms with Gasteiger partial charge in [0, 0.05) is 135 Å². The lowest BCUT2D eigenvalue weighted by Gasteiger charge is -2.36. The lowest BCUT2D eigenvalue weighted by molar-refractivity contribution is -0.134. The number of aromatic nitrogens is 8. The van der Waals surface area contributed by atoms with Gasteiger partial charge in [-0.15, -0.1) is 0 Å². The van der Waals surface area contributed by atoms with Crippen LogP contribution < -0.4 is 21.2 Å². The molecule has 18 nitrogen and oxygen atoms in total. The Morgan fingerprint density at radius 3 is 1.20 bits per heavy atom. The molecule has 0 spiro atoms. The number of carboxylic acid groups (broad SMARTS) is 2. The number of rotatable bonds is 20. The van der Waals surface area contributed by atoms with Crippen LogP contribution >= 0.6 is 0 Å². The van der Waals surface area contributed by atoms with Crippen molar-refractivity contribution in [1.82, 2.24) is 48.8 Å². The van der Waals surface area contributed by atoms with Gasteiger partial charge in [0.15, 0.2) is 0 Å². The predicted octanol–water partition coefficient (Wildman–Crippen LogP) is 9.10. The van der Waals surface area contributed by atoms with Gasteiger partial charge in [-0.2, -0.15) is 9.97 Å². The zero-order valence-corrected chi connectivity index (χ0v) is 49.0. The molecule has 2 aliphatic heterocycles. The average Bonchev–Trinajstić information content (AvgIpc) is 3.64. The third-order valence-corrected chi connectivity index (χ3v) is 13.9. The maximum atomic E-state index is 13.5. The van der Waals surface area contributed by atoms with E-state index >= 15 is 0 Å². The van der Waals surface area contributed by atoms with Gasteiger partial charge < -0.3 is 20.0 Å². The van der Waals surface area contributed by atoms with Gasteiger partial charge in [-0.1, -0.05) is 92.5 Å². The van der Waals surface area contributed by atoms with Crippen LogP contribution in [0.2, 0.25) is 0 Å². The van der Waals surface area contributed by atoms with Gasteiger partial charge in [0.05, 0.1) is 11.4 Å². The summed E-state index contributed by atoms with van der Waals surface area (Å²) in [6.45, 7) is 28.5. The maximum absolute atomic E-state index is 13.5. The van der Waals surface area contributed by atoms with Crippen molar-refractivity contribution >= 4 is 23.6 Å². The number of carbonyl (C=O) groups is 2. The fourth-order valence-corrected chi connectivity index (χ4v) is 9.32. The van der Waals surface area contributed by atoms with Crippen molar-refractivity contribution in [3.63, 3.8) is 0 Å². The van der Waals surface area contributed by atoms with Crippen LogP contribution in [-0.2, 0) is 46.4 Å². The van der Waals surface area contributed by atoms with Crippen LogP contribution in [0.1, 0.15) is 117 Å². The van der Waals surface area contributed by atoms with E-state index in [0.29, 0.717) is 47.8 Å². The molecular formula is C62H82F2N12O6. The van der Waals surface area contributed by atoms with Gasteiger partial charge in [-0.3, -0.25) is 18.9 Å². The SMILES string of the molecule is CCCc1cc(N2CCN(CCCCn3ccc(-c4cccc(F)c4)nc3=O)CC2)nc(C(C)(C)C)n1.CCCc1cc(N2CCN(CCCCn3ccc(-c4cccc(F)c4)nc3=O)CC2)nc(C(C)(C)C)n1.O=C(O)C=CC(=O)O. The highest BCUT2D eigenvalue weighted by molar-refractivity contribution is 5.89. The van der Waals surface area contributed by atoms with Gasteiger partial charge in [-0.25, -0.2) is 47.9 Å². The number of aliphatic carboxylic acids is 2. The first-order chi connectivity index (χ1) is 39.1. The Morgan fingerprint density at radius 2 is 0.878 bits per heavy atom. The Bertz CT molecular complexity index is 2980. The van der Waals surface area contributed by atoms with E-state index < -0.39 is 11.9 Å². The van der Waals surface area contributed by atoms with E-state index in [2.05, 4.69) is 97.1 Å². The summed E-state index contributed by atoms with van der Waals surface area (Å²) in [5.74, 6) is 0.761. The van der Waals surface area contributed by atoms with Crippen molar-refractivity contribution in [3.05, 3.63) is 153 Å². The summed E-state index contributed by atoms with van der Waals surface area (Å²) in [4.78, 5) is 81.5. The summed E-state index contributed by atoms with van der Waals surface area (Å²) < 4.78 is 30.2. The Hall–Kier alpha value is -7.58. The summed E-state index contributed by atoms with van der Waals surface area (Å²) in [5.41, 5.74) is 3.76. The van der Waals surface area contributed by atoms with Crippen LogP contribution in [0.15, 0.2) is 107 Å². The minimum absolute atomic E-state index is 0.0718. The molecule has 2 fully saturated rings. The van der Waals surface area contributed by atoms with E-state index in [-0.39, 0.29) is 33.8 Å². The maximum Gasteiger partial charge on any atom is 0.348 e. The number of benzene rings is 2. The third kappa shape index (κ3) is 20.1. The van der Waals surface area contributed by atoms with Crippen LogP contribution in [0.25, 0.3) is 22.5 Å². The van der Waals surface area contributed by atoms with Crippen LogP contribution in [0.4, 0.5) is 20.4 Å². The molecule has 20 heteroatoms. The van der Waals surface area contributed by atoms with Gasteiger partial charge in [-0.05, 0) is 88.0 Å². The molecule has 6 heterocycles. The van der Waals surface area contributed by atoms with Gasteiger partial charge in [0.25, 0.3) is 0 Å². The fraction of sp³-hybridized carbons (Fsp3) is 0.484. The second kappa shape index (κ2) is 30.5. The van der Waals surface area contributed by atoms with E-state index in [9.17, 15) is 28.0 Å². The normalized spacial score (nSPS) is 14.3. The van der Waals surface area contributed by atoms with Crippen LogP contribution in [-0.4, -0.2) is 136 Å². The number of halogens is 2. The van der Waals surface area contributed by atoms with Crippen molar-refractivity contribution < 1.29 is 28.6 Å². The molecule has 0 atom stereocenters. The molecule has 0 saturated carbocycles. The number of unbranched alkanes of at least 4 members (excludes halogenated alkanes) is 2. The topological polar surface area (TPSA) is 209 Å². The highest BCUT2D eigenvalue weighted by atomic mass is 19.1. The van der Waals surface area contributed by atoms with Crippen molar-refractivity contribution in [2.24, 2.45) is 0 Å². The number of aryl methyl sites for hydroxylation is 4. The summed E-state index contributed by atoms with van der Waals surface area (Å²) in [5, 5.41) is 15.6. The Morgan fingerprint density at radius 1 is 0.512 bits per heavy atom. The second-order valence-corrected chi connectivity index (χ2v) is 22.8. The third-order valence-electron chi connectivity index (χ3n) is 13.9. The Labute approximate surface area is 480 Å². The minimum Gasteiger partial charge on any atom is -0.478 e. The zero-order chi connectivity index (χ0) is 59.4. The molecule has 440 valence electrons. The standard InChI is InChI=1S/2C29H39FN6O.C4H4O4/c2*1-5-9-24-21-26(33-27(31-24)29(2,3)4)35-18-16-34(17-19-35)13-6-7-14-36-15-12-25(32-28(36)37)22-10-8-11-23(30)20-22;5-3(6)1-2-4(7)8/h2*8,10-12,15,20-21H,5-7,9,13-14,16-19H2,1-4H3;1-2H,(H,5,6)(H,7,8). The molecule has 4 aromatic heterocycles. The number of anilines is 2. The van der Waals surface area contributed by atoms with Crippen molar-refractivity contribution in [1.29, 1.82) is 0 Å². The molecule has 6 aromatic rings. The van der Waals surface area contributed by atoms with Gasteiger partial charge in [0.1, 0.15) is 34.9 Å².